The molecule has 1 aliphatic heterocycles. The molecule has 4 heteroatoms. The first kappa shape index (κ1) is 18.1. The van der Waals surface area contributed by atoms with Gasteiger partial charge in [-0.05, 0) is 60.7 Å². The van der Waals surface area contributed by atoms with Crippen LogP contribution in [0.4, 0.5) is 8.78 Å². The molecule has 1 heterocycles. The lowest BCUT2D eigenvalue weighted by Crippen LogP contribution is -2.34. The highest BCUT2D eigenvalue weighted by Gasteiger charge is 2.10. The third kappa shape index (κ3) is 3.33. The number of rotatable bonds is 2. The Labute approximate surface area is 171 Å². The zero-order valence-electron chi connectivity index (χ0n) is 15.9. The van der Waals surface area contributed by atoms with Crippen LogP contribution in [0.5, 0.6) is 0 Å². The maximum absolute atomic E-state index is 13.5. The maximum atomic E-state index is 13.5. The van der Waals surface area contributed by atoms with Crippen LogP contribution in [0.2, 0.25) is 0 Å². The van der Waals surface area contributed by atoms with Crippen molar-refractivity contribution in [3.05, 3.63) is 141 Å². The Balaban J connectivity index is 1.93. The molecule has 144 valence electrons. The van der Waals surface area contributed by atoms with Crippen LogP contribution in [-0.4, -0.2) is 0 Å². The van der Waals surface area contributed by atoms with Gasteiger partial charge in [0.1, 0.15) is 11.6 Å². The summed E-state index contributed by atoms with van der Waals surface area (Å²) in [6.07, 6.45) is 0. The molecule has 5 rings (SSSR count). The maximum Gasteiger partial charge on any atom is 0.123 e. The molecule has 0 saturated carbocycles. The third-order valence-corrected chi connectivity index (χ3v) is 5.02. The number of nitrogens with zero attached hydrogens (tertiary/aromatic N) is 2. The molecule has 0 bridgehead atoms. The predicted octanol–water partition coefficient (Wildman–Crippen LogP) is 3.23. The lowest BCUT2D eigenvalue weighted by atomic mass is 10.1. The van der Waals surface area contributed by atoms with Crippen LogP contribution in [0, 0.1) is 11.6 Å². The van der Waals surface area contributed by atoms with Crippen molar-refractivity contribution in [3.63, 3.8) is 0 Å². The van der Waals surface area contributed by atoms with Gasteiger partial charge in [-0.1, -0.05) is 36.4 Å². The van der Waals surface area contributed by atoms with E-state index >= 15 is 0 Å². The summed E-state index contributed by atoms with van der Waals surface area (Å²) in [7, 11) is 0. The number of hydrogen-bond donors (Lipinski definition) is 0. The highest BCUT2D eigenvalue weighted by atomic mass is 19.1. The van der Waals surface area contributed by atoms with Crippen LogP contribution >= 0.6 is 0 Å². The predicted molar refractivity (Wildman–Crippen MR) is 112 cm³/mol. The molecular formula is C26H16F2N2. The summed E-state index contributed by atoms with van der Waals surface area (Å²) in [6.45, 7) is 0. The van der Waals surface area contributed by atoms with E-state index in [0.29, 0.717) is 0 Å². The van der Waals surface area contributed by atoms with Crippen LogP contribution in [0.3, 0.4) is 0 Å². The van der Waals surface area contributed by atoms with Crippen molar-refractivity contribution in [2.45, 2.75) is 0 Å². The molecule has 2 nitrogen and oxygen atoms in total. The monoisotopic (exact) mass is 394 g/mol. The first-order valence-electron chi connectivity index (χ1n) is 9.57. The average Bonchev–Trinajstić information content (AvgIpc) is 2.77. The quantitative estimate of drug-likeness (QED) is 0.499. The smallest absolute Gasteiger partial charge is 0.123 e. The van der Waals surface area contributed by atoms with Crippen LogP contribution in [0.1, 0.15) is 11.1 Å². The molecule has 0 aromatic heterocycles. The van der Waals surface area contributed by atoms with Gasteiger partial charge < -0.3 is 0 Å². The fourth-order valence-corrected chi connectivity index (χ4v) is 3.56. The highest BCUT2D eigenvalue weighted by molar-refractivity contribution is 5.68. The summed E-state index contributed by atoms with van der Waals surface area (Å²) in [4.78, 5) is 9.95. The van der Waals surface area contributed by atoms with Crippen LogP contribution in [0.15, 0.2) is 107 Å². The average molecular weight is 394 g/mol. The standard InChI is InChI=1S/C26H16F2N2/c27-19-13-9-17(10-14-19)25-21-5-1-3-7-23(21)29-26(18-11-15-20(28)16-12-18)22-6-2-4-8-24(22)30-25/h1-16H/b25-21-,26-22?,29-23?,29-26?,30-24?,30-25?. The molecule has 0 radical (unpaired) electrons. The Morgan fingerprint density at radius 2 is 0.800 bits per heavy atom. The van der Waals surface area contributed by atoms with E-state index in [2.05, 4.69) is 0 Å². The van der Waals surface area contributed by atoms with E-state index in [1.165, 1.54) is 24.3 Å². The molecule has 1 aliphatic rings. The van der Waals surface area contributed by atoms with Crippen molar-refractivity contribution >= 4 is 11.4 Å². The SMILES string of the molecule is Fc1ccc(C2=c3ccccc3=N/C(c3ccc(F)cc3)=c3/ccccc3=N2)cc1. The minimum atomic E-state index is -0.296. The van der Waals surface area contributed by atoms with E-state index < -0.39 is 0 Å². The molecule has 0 N–H and O–H groups in total. The number of para-hydroxylation sites is 2. The minimum absolute atomic E-state index is 0.296. The van der Waals surface area contributed by atoms with Gasteiger partial charge in [0.05, 0.1) is 22.1 Å². The largest absolute Gasteiger partial charge is 0.247 e. The van der Waals surface area contributed by atoms with Crippen molar-refractivity contribution in [1.82, 2.24) is 0 Å². The Morgan fingerprint density at radius 1 is 0.433 bits per heavy atom. The van der Waals surface area contributed by atoms with Gasteiger partial charge in [0, 0.05) is 21.6 Å². The fraction of sp³-hybridized carbons (Fsp3) is 0. The molecule has 0 unspecified atom stereocenters. The normalized spacial score (nSPS) is 14.5. The third-order valence-electron chi connectivity index (χ3n) is 5.02. The van der Waals surface area contributed by atoms with Crippen LogP contribution in [-0.2, 0) is 0 Å². The summed E-state index contributed by atoms with van der Waals surface area (Å²) < 4.78 is 27.0. The van der Waals surface area contributed by atoms with Gasteiger partial charge in [-0.3, -0.25) is 0 Å². The van der Waals surface area contributed by atoms with Gasteiger partial charge in [0.2, 0.25) is 0 Å². The van der Waals surface area contributed by atoms with Crippen LogP contribution in [0.25, 0.3) is 11.4 Å². The Hall–Kier alpha value is -3.92. The van der Waals surface area contributed by atoms with Crippen molar-refractivity contribution in [1.29, 1.82) is 0 Å². The fourth-order valence-electron chi connectivity index (χ4n) is 3.56. The Bertz CT molecular complexity index is 1370. The van der Waals surface area contributed by atoms with Crippen LogP contribution < -0.4 is 21.2 Å². The summed E-state index contributed by atoms with van der Waals surface area (Å²) in [5.74, 6) is -0.592. The molecule has 0 amide bonds. The molecular weight excluding hydrogens is 378 g/mol. The van der Waals surface area contributed by atoms with Crippen molar-refractivity contribution < 1.29 is 8.78 Å². The van der Waals surface area contributed by atoms with E-state index in [4.69, 9.17) is 9.98 Å². The second-order valence-corrected chi connectivity index (χ2v) is 6.97. The number of benzene rings is 4. The lowest BCUT2D eigenvalue weighted by molar-refractivity contribution is 0.627. The summed E-state index contributed by atoms with van der Waals surface area (Å²) in [6, 6.07) is 28.1. The zero-order chi connectivity index (χ0) is 20.5. The van der Waals surface area contributed by atoms with E-state index in [0.717, 1.165) is 43.7 Å². The summed E-state index contributed by atoms with van der Waals surface area (Å²) >= 11 is 0. The molecule has 0 atom stereocenters. The van der Waals surface area contributed by atoms with E-state index in [1.807, 2.05) is 48.5 Å². The highest BCUT2D eigenvalue weighted by Crippen LogP contribution is 2.15. The number of halogens is 2. The Kier molecular flexibility index (Phi) is 4.52. The zero-order valence-corrected chi connectivity index (χ0v) is 15.9. The van der Waals surface area contributed by atoms with Gasteiger partial charge in [-0.15, -0.1) is 0 Å². The topological polar surface area (TPSA) is 24.7 Å². The molecule has 0 aliphatic carbocycles. The molecule has 4 aromatic carbocycles. The molecule has 0 saturated heterocycles. The van der Waals surface area contributed by atoms with Gasteiger partial charge >= 0.3 is 0 Å². The van der Waals surface area contributed by atoms with E-state index in [1.54, 1.807) is 24.3 Å². The Morgan fingerprint density at radius 3 is 1.20 bits per heavy atom. The first-order chi connectivity index (χ1) is 14.7. The number of fused-ring (bicyclic) bond motifs is 2. The second kappa shape index (κ2) is 7.48. The van der Waals surface area contributed by atoms with Gasteiger partial charge in [-0.25, -0.2) is 18.8 Å². The first-order valence-corrected chi connectivity index (χ1v) is 9.57. The summed E-state index contributed by atoms with van der Waals surface area (Å²) in [5.41, 5.74) is 3.05. The van der Waals surface area contributed by atoms with Gasteiger partial charge in [0.25, 0.3) is 0 Å². The molecule has 30 heavy (non-hydrogen) atoms. The van der Waals surface area contributed by atoms with E-state index in [9.17, 15) is 8.78 Å². The molecule has 0 spiro atoms. The number of hydrogen-bond acceptors (Lipinski definition) is 2. The van der Waals surface area contributed by atoms with Crippen molar-refractivity contribution in [2.75, 3.05) is 0 Å². The van der Waals surface area contributed by atoms with Crippen molar-refractivity contribution in [2.24, 2.45) is 9.98 Å². The van der Waals surface area contributed by atoms with Crippen molar-refractivity contribution in [3.8, 4) is 0 Å². The lowest BCUT2D eigenvalue weighted by Gasteiger charge is -2.09. The minimum Gasteiger partial charge on any atom is -0.247 e. The van der Waals surface area contributed by atoms with Gasteiger partial charge in [0.15, 0.2) is 0 Å². The second-order valence-electron chi connectivity index (χ2n) is 6.97. The molecule has 4 aromatic rings. The molecule has 0 fully saturated rings. The van der Waals surface area contributed by atoms with E-state index in [-0.39, 0.29) is 11.6 Å². The summed E-state index contributed by atoms with van der Waals surface area (Å²) in [5, 5.41) is 3.18. The van der Waals surface area contributed by atoms with Gasteiger partial charge in [-0.2, -0.15) is 0 Å².